The Balaban J connectivity index is 1.78. The lowest BCUT2D eigenvalue weighted by Gasteiger charge is -2.16. The summed E-state index contributed by atoms with van der Waals surface area (Å²) in [5.74, 6) is -0.493. The molecule has 1 atom stereocenters. The van der Waals surface area contributed by atoms with Crippen LogP contribution in [0.5, 0.6) is 0 Å². The molecule has 0 aromatic heterocycles. The molecule has 1 unspecified atom stereocenters. The lowest BCUT2D eigenvalue weighted by molar-refractivity contribution is -0.128. The van der Waals surface area contributed by atoms with Gasteiger partial charge in [-0.1, -0.05) is 58.7 Å². The Bertz CT molecular complexity index is 1030. The maximum atomic E-state index is 13.0. The molecule has 2 amide bonds. The molecule has 1 N–H and O–H groups in total. The van der Waals surface area contributed by atoms with Crippen molar-refractivity contribution >= 4 is 63.3 Å². The smallest absolute Gasteiger partial charge is 0.242 e. The van der Waals surface area contributed by atoms with Crippen molar-refractivity contribution in [3.05, 3.63) is 57.6 Å². The van der Waals surface area contributed by atoms with Crippen molar-refractivity contribution in [3.63, 3.8) is 0 Å². The lowest BCUT2D eigenvalue weighted by atomic mass is 10.1. The predicted molar refractivity (Wildman–Crippen MR) is 128 cm³/mol. The van der Waals surface area contributed by atoms with E-state index in [2.05, 4.69) is 5.32 Å². The summed E-state index contributed by atoms with van der Waals surface area (Å²) in [6.45, 7) is 4.73. The first kappa shape index (κ1) is 23.6. The molecule has 3 rings (SSSR count). The van der Waals surface area contributed by atoms with Crippen LogP contribution in [0, 0.1) is 13.8 Å². The van der Waals surface area contributed by atoms with E-state index >= 15 is 0 Å². The molecule has 1 heterocycles. The summed E-state index contributed by atoms with van der Waals surface area (Å²) < 4.78 is 5.15. The number of methoxy groups -OCH3 is 1. The van der Waals surface area contributed by atoms with E-state index in [0.29, 0.717) is 29.0 Å². The van der Waals surface area contributed by atoms with Crippen molar-refractivity contribution in [2.24, 2.45) is 4.99 Å². The fourth-order valence-corrected chi connectivity index (χ4v) is 4.64. The second-order valence-electron chi connectivity index (χ2n) is 7.13. The highest BCUT2D eigenvalue weighted by atomic mass is 35.5. The van der Waals surface area contributed by atoms with Gasteiger partial charge < -0.3 is 10.1 Å². The molecule has 31 heavy (non-hydrogen) atoms. The second kappa shape index (κ2) is 10.5. The van der Waals surface area contributed by atoms with E-state index in [4.69, 9.17) is 32.9 Å². The summed E-state index contributed by atoms with van der Waals surface area (Å²) in [7, 11) is 1.58. The van der Waals surface area contributed by atoms with Gasteiger partial charge in [0.05, 0.1) is 34.6 Å². The molecule has 0 bridgehead atoms. The number of aliphatic imine (C=N–C) groups is 1. The summed E-state index contributed by atoms with van der Waals surface area (Å²) >= 11 is 13.4. The van der Waals surface area contributed by atoms with Crippen molar-refractivity contribution in [1.82, 2.24) is 4.90 Å². The lowest BCUT2D eigenvalue weighted by Crippen LogP contribution is -2.35. The second-order valence-corrected chi connectivity index (χ2v) is 9.08. The molecule has 0 radical (unpaired) electrons. The van der Waals surface area contributed by atoms with E-state index in [1.165, 1.54) is 11.8 Å². The summed E-state index contributed by atoms with van der Waals surface area (Å²) in [5, 5.41) is 3.32. The number of nitrogens with one attached hydrogen (secondary N) is 1. The van der Waals surface area contributed by atoms with Crippen LogP contribution < -0.4 is 5.32 Å². The van der Waals surface area contributed by atoms with Crippen LogP contribution >= 0.6 is 35.0 Å². The minimum Gasteiger partial charge on any atom is -0.383 e. The Morgan fingerprint density at radius 1 is 1.26 bits per heavy atom. The monoisotopic (exact) mass is 479 g/mol. The van der Waals surface area contributed by atoms with Crippen LogP contribution in [0.15, 0.2) is 41.4 Å². The number of carbonyl (C=O) groups is 2. The third kappa shape index (κ3) is 5.80. The molecule has 9 heteroatoms. The van der Waals surface area contributed by atoms with E-state index < -0.39 is 5.25 Å². The number of hydrogen-bond acceptors (Lipinski definition) is 5. The Morgan fingerprint density at radius 3 is 2.74 bits per heavy atom. The van der Waals surface area contributed by atoms with Gasteiger partial charge in [0.1, 0.15) is 5.25 Å². The van der Waals surface area contributed by atoms with Crippen LogP contribution in [0.1, 0.15) is 17.5 Å². The topological polar surface area (TPSA) is 71.0 Å². The molecule has 6 nitrogen and oxygen atoms in total. The van der Waals surface area contributed by atoms with Crippen molar-refractivity contribution in [2.75, 3.05) is 25.6 Å². The number of aryl methyl sites for hydroxylation is 2. The number of rotatable bonds is 7. The SMILES string of the molecule is COCCN1C(=O)C(CC(=O)Nc2cccc(Cl)c2Cl)SC1=Nc1ccc(C)cc1C. The van der Waals surface area contributed by atoms with E-state index in [9.17, 15) is 9.59 Å². The van der Waals surface area contributed by atoms with Crippen molar-refractivity contribution in [1.29, 1.82) is 0 Å². The maximum Gasteiger partial charge on any atom is 0.242 e. The quantitative estimate of drug-likeness (QED) is 0.590. The van der Waals surface area contributed by atoms with Gasteiger partial charge >= 0.3 is 0 Å². The molecular formula is C22H23Cl2N3O3S. The molecule has 1 aliphatic rings. The summed E-state index contributed by atoms with van der Waals surface area (Å²) in [6.07, 6.45) is -0.0122. The first-order valence-corrected chi connectivity index (χ1v) is 11.3. The molecule has 1 saturated heterocycles. The van der Waals surface area contributed by atoms with E-state index in [-0.39, 0.29) is 23.3 Å². The Kier molecular flexibility index (Phi) is 8.00. The third-order valence-corrected chi connectivity index (χ3v) is 6.70. The number of ether oxygens (including phenoxy) is 1. The van der Waals surface area contributed by atoms with Crippen LogP contribution in [-0.2, 0) is 14.3 Å². The normalized spacial score (nSPS) is 17.5. The highest BCUT2D eigenvalue weighted by molar-refractivity contribution is 8.15. The van der Waals surface area contributed by atoms with E-state index in [1.807, 2.05) is 32.0 Å². The van der Waals surface area contributed by atoms with Crippen molar-refractivity contribution < 1.29 is 14.3 Å². The zero-order chi connectivity index (χ0) is 22.5. The minimum absolute atomic E-state index is 0.0122. The van der Waals surface area contributed by atoms with E-state index in [0.717, 1.165) is 16.8 Å². The summed E-state index contributed by atoms with van der Waals surface area (Å²) in [6, 6.07) is 10.9. The van der Waals surface area contributed by atoms with Gasteiger partial charge in [-0.15, -0.1) is 0 Å². The van der Waals surface area contributed by atoms with Gasteiger partial charge in [0.2, 0.25) is 11.8 Å². The van der Waals surface area contributed by atoms with Crippen LogP contribution in [0.2, 0.25) is 10.0 Å². The average Bonchev–Trinajstić information content (AvgIpc) is 3.00. The van der Waals surface area contributed by atoms with Crippen LogP contribution in [0.4, 0.5) is 11.4 Å². The zero-order valence-electron chi connectivity index (χ0n) is 17.4. The highest BCUT2D eigenvalue weighted by Gasteiger charge is 2.39. The van der Waals surface area contributed by atoms with Crippen molar-refractivity contribution in [2.45, 2.75) is 25.5 Å². The Hall–Kier alpha value is -2.06. The van der Waals surface area contributed by atoms with Gasteiger partial charge in [-0.2, -0.15) is 0 Å². The van der Waals surface area contributed by atoms with Crippen LogP contribution in [0.25, 0.3) is 0 Å². The standard InChI is InChI=1S/C22H23Cl2N3O3S/c1-13-7-8-16(14(2)11-13)26-22-27(9-10-30-3)21(29)18(31-22)12-19(28)25-17-6-4-5-15(23)20(17)24/h4-8,11,18H,9-10,12H2,1-3H3,(H,25,28). The molecule has 2 aromatic carbocycles. The van der Waals surface area contributed by atoms with Crippen LogP contribution in [-0.4, -0.2) is 47.4 Å². The predicted octanol–water partition coefficient (Wildman–Crippen LogP) is 5.22. The maximum absolute atomic E-state index is 13.0. The molecule has 0 spiro atoms. The molecule has 1 fully saturated rings. The zero-order valence-corrected chi connectivity index (χ0v) is 19.8. The molecule has 0 aliphatic carbocycles. The van der Waals surface area contributed by atoms with Crippen LogP contribution in [0.3, 0.4) is 0 Å². The average molecular weight is 480 g/mol. The van der Waals surface area contributed by atoms with Gasteiger partial charge in [-0.3, -0.25) is 14.5 Å². The molecule has 0 saturated carbocycles. The fourth-order valence-electron chi connectivity index (χ4n) is 3.12. The van der Waals surface area contributed by atoms with Gasteiger partial charge in [-0.25, -0.2) is 4.99 Å². The number of halogens is 2. The number of nitrogens with zero attached hydrogens (tertiary/aromatic N) is 2. The third-order valence-electron chi connectivity index (χ3n) is 4.70. The summed E-state index contributed by atoms with van der Waals surface area (Å²) in [4.78, 5) is 31.9. The first-order chi connectivity index (χ1) is 14.8. The van der Waals surface area contributed by atoms with Crippen molar-refractivity contribution in [3.8, 4) is 0 Å². The number of anilines is 1. The van der Waals surface area contributed by atoms with E-state index in [1.54, 1.807) is 30.2 Å². The number of benzene rings is 2. The summed E-state index contributed by atoms with van der Waals surface area (Å²) in [5.41, 5.74) is 3.36. The first-order valence-electron chi connectivity index (χ1n) is 9.67. The Morgan fingerprint density at radius 2 is 2.03 bits per heavy atom. The van der Waals surface area contributed by atoms with Gasteiger partial charge in [-0.05, 0) is 37.6 Å². The number of amidine groups is 1. The molecule has 2 aromatic rings. The minimum atomic E-state index is -0.584. The molecule has 1 aliphatic heterocycles. The number of carbonyl (C=O) groups excluding carboxylic acids is 2. The van der Waals surface area contributed by atoms with Gasteiger partial charge in [0.25, 0.3) is 0 Å². The number of amides is 2. The number of hydrogen-bond donors (Lipinski definition) is 1. The molecular weight excluding hydrogens is 457 g/mol. The van der Waals surface area contributed by atoms with Gasteiger partial charge in [0, 0.05) is 13.5 Å². The largest absolute Gasteiger partial charge is 0.383 e. The number of thioether (sulfide) groups is 1. The van der Waals surface area contributed by atoms with Gasteiger partial charge in [0.15, 0.2) is 5.17 Å². The Labute approximate surface area is 196 Å². The highest BCUT2D eigenvalue weighted by Crippen LogP contribution is 2.34. The fraction of sp³-hybridized carbons (Fsp3) is 0.318. The molecule has 164 valence electrons.